The molecule has 2 aliphatic rings. The van der Waals surface area contributed by atoms with Crippen LogP contribution in [-0.2, 0) is 9.53 Å². The number of hydrogen-bond acceptors (Lipinski definition) is 3. The van der Waals surface area contributed by atoms with Crippen LogP contribution in [0.2, 0.25) is 0 Å². The highest BCUT2D eigenvalue weighted by atomic mass is 16.6. The quantitative estimate of drug-likeness (QED) is 0.795. The van der Waals surface area contributed by atoms with Crippen molar-refractivity contribution in [2.24, 2.45) is 0 Å². The lowest BCUT2D eigenvalue weighted by Crippen LogP contribution is -2.51. The Kier molecular flexibility index (Phi) is 3.31. The van der Waals surface area contributed by atoms with Gasteiger partial charge in [-0.1, -0.05) is 12.8 Å². The van der Waals surface area contributed by atoms with Crippen molar-refractivity contribution in [3.63, 3.8) is 0 Å². The fraction of sp³-hybridized carbons (Fsp3) is 0.818. The molecular weight excluding hydrogens is 210 g/mol. The van der Waals surface area contributed by atoms with Gasteiger partial charge in [0, 0.05) is 18.5 Å². The van der Waals surface area contributed by atoms with Crippen molar-refractivity contribution < 1.29 is 19.4 Å². The number of ether oxygens (including phenoxy) is 1. The summed E-state index contributed by atoms with van der Waals surface area (Å²) in [7, 11) is 0. The summed E-state index contributed by atoms with van der Waals surface area (Å²) < 4.78 is 5.01. The SMILES string of the molecule is O=C(O)CC1CCOC(=O)N1C1CCCC1. The highest BCUT2D eigenvalue weighted by Gasteiger charge is 2.37. The summed E-state index contributed by atoms with van der Waals surface area (Å²) in [5.41, 5.74) is 0. The number of carbonyl (C=O) groups is 2. The van der Waals surface area contributed by atoms with Crippen LogP contribution in [0.25, 0.3) is 0 Å². The Morgan fingerprint density at radius 1 is 1.38 bits per heavy atom. The van der Waals surface area contributed by atoms with Gasteiger partial charge in [-0.2, -0.15) is 0 Å². The van der Waals surface area contributed by atoms with Gasteiger partial charge in [0.05, 0.1) is 13.0 Å². The van der Waals surface area contributed by atoms with E-state index in [0.29, 0.717) is 13.0 Å². The van der Waals surface area contributed by atoms with E-state index in [-0.39, 0.29) is 24.6 Å². The molecule has 1 unspecified atom stereocenters. The molecule has 90 valence electrons. The van der Waals surface area contributed by atoms with Crippen molar-refractivity contribution in [2.45, 2.75) is 50.6 Å². The van der Waals surface area contributed by atoms with E-state index in [9.17, 15) is 9.59 Å². The van der Waals surface area contributed by atoms with Gasteiger partial charge in [-0.25, -0.2) is 4.79 Å². The van der Waals surface area contributed by atoms with Gasteiger partial charge in [-0.05, 0) is 12.8 Å². The summed E-state index contributed by atoms with van der Waals surface area (Å²) in [6, 6.07) is 0.0130. The molecule has 1 heterocycles. The molecular formula is C11H17NO4. The fourth-order valence-corrected chi connectivity index (χ4v) is 2.68. The zero-order valence-electron chi connectivity index (χ0n) is 9.22. The Hall–Kier alpha value is -1.26. The number of amides is 1. The van der Waals surface area contributed by atoms with Gasteiger partial charge < -0.3 is 14.7 Å². The molecule has 2 rings (SSSR count). The number of nitrogens with zero attached hydrogens (tertiary/aromatic N) is 1. The Balaban J connectivity index is 2.07. The van der Waals surface area contributed by atoms with Crippen molar-refractivity contribution >= 4 is 12.1 Å². The fourth-order valence-electron chi connectivity index (χ4n) is 2.68. The van der Waals surface area contributed by atoms with Gasteiger partial charge in [-0.15, -0.1) is 0 Å². The van der Waals surface area contributed by atoms with Crippen molar-refractivity contribution in [3.05, 3.63) is 0 Å². The number of carboxylic acid groups (broad SMARTS) is 1. The van der Waals surface area contributed by atoms with E-state index in [1.54, 1.807) is 4.90 Å². The van der Waals surface area contributed by atoms with Gasteiger partial charge in [0.15, 0.2) is 0 Å². The largest absolute Gasteiger partial charge is 0.481 e. The van der Waals surface area contributed by atoms with E-state index in [0.717, 1.165) is 25.7 Å². The van der Waals surface area contributed by atoms with Crippen LogP contribution in [0.5, 0.6) is 0 Å². The average Bonchev–Trinajstić information content (AvgIpc) is 2.69. The summed E-state index contributed by atoms with van der Waals surface area (Å²) in [6.07, 6.45) is 4.53. The van der Waals surface area contributed by atoms with E-state index in [1.807, 2.05) is 0 Å². The van der Waals surface area contributed by atoms with Crippen LogP contribution >= 0.6 is 0 Å². The molecule has 0 aromatic carbocycles. The van der Waals surface area contributed by atoms with Crippen molar-refractivity contribution in [1.29, 1.82) is 0 Å². The third-order valence-electron chi connectivity index (χ3n) is 3.41. The van der Waals surface area contributed by atoms with Crippen LogP contribution in [-0.4, -0.2) is 40.8 Å². The summed E-state index contributed by atoms with van der Waals surface area (Å²) >= 11 is 0. The van der Waals surface area contributed by atoms with Gasteiger partial charge >= 0.3 is 12.1 Å². The van der Waals surface area contributed by atoms with Crippen LogP contribution in [0, 0.1) is 0 Å². The molecule has 1 N–H and O–H groups in total. The molecule has 1 saturated heterocycles. The minimum absolute atomic E-state index is 0.0333. The maximum Gasteiger partial charge on any atom is 0.410 e. The van der Waals surface area contributed by atoms with Crippen molar-refractivity contribution in [1.82, 2.24) is 4.90 Å². The first-order valence-electron chi connectivity index (χ1n) is 5.85. The lowest BCUT2D eigenvalue weighted by atomic mass is 10.0. The monoisotopic (exact) mass is 227 g/mol. The minimum Gasteiger partial charge on any atom is -0.481 e. The standard InChI is InChI=1S/C11H17NO4/c13-10(14)7-9-5-6-16-11(15)12(9)8-3-1-2-4-8/h8-9H,1-7H2,(H,13,14). The van der Waals surface area contributed by atoms with E-state index in [4.69, 9.17) is 9.84 Å². The maximum absolute atomic E-state index is 11.7. The Bertz CT molecular complexity index is 286. The van der Waals surface area contributed by atoms with E-state index in [2.05, 4.69) is 0 Å². The molecule has 0 aromatic rings. The molecule has 0 aromatic heterocycles. The summed E-state index contributed by atoms with van der Waals surface area (Å²) in [4.78, 5) is 24.1. The van der Waals surface area contributed by atoms with Gasteiger partial charge in [0.25, 0.3) is 0 Å². The van der Waals surface area contributed by atoms with Gasteiger partial charge in [-0.3, -0.25) is 4.79 Å². The van der Waals surface area contributed by atoms with Crippen molar-refractivity contribution in [3.8, 4) is 0 Å². The molecule has 16 heavy (non-hydrogen) atoms. The van der Waals surface area contributed by atoms with E-state index < -0.39 is 5.97 Å². The number of carbonyl (C=O) groups excluding carboxylic acids is 1. The number of carboxylic acids is 1. The number of rotatable bonds is 3. The minimum atomic E-state index is -0.845. The van der Waals surface area contributed by atoms with Crippen LogP contribution in [0.3, 0.4) is 0 Å². The van der Waals surface area contributed by atoms with Crippen LogP contribution in [0.4, 0.5) is 4.79 Å². The predicted octanol–water partition coefficient (Wildman–Crippen LogP) is 1.61. The molecule has 5 nitrogen and oxygen atoms in total. The van der Waals surface area contributed by atoms with Crippen LogP contribution in [0.15, 0.2) is 0 Å². The molecule has 1 saturated carbocycles. The molecule has 0 bridgehead atoms. The molecule has 0 spiro atoms. The van der Waals surface area contributed by atoms with Crippen molar-refractivity contribution in [2.75, 3.05) is 6.61 Å². The smallest absolute Gasteiger partial charge is 0.410 e. The maximum atomic E-state index is 11.7. The summed E-state index contributed by atoms with van der Waals surface area (Å²) in [6.45, 7) is 0.347. The van der Waals surface area contributed by atoms with Gasteiger partial charge in [0.1, 0.15) is 0 Å². The Morgan fingerprint density at radius 2 is 2.06 bits per heavy atom. The first-order chi connectivity index (χ1) is 7.68. The highest BCUT2D eigenvalue weighted by Crippen LogP contribution is 2.29. The molecule has 2 fully saturated rings. The third-order valence-corrected chi connectivity index (χ3v) is 3.41. The highest BCUT2D eigenvalue weighted by molar-refractivity contribution is 5.72. The molecule has 1 aliphatic heterocycles. The molecule has 1 atom stereocenters. The molecule has 0 radical (unpaired) electrons. The lowest BCUT2D eigenvalue weighted by Gasteiger charge is -2.38. The van der Waals surface area contributed by atoms with E-state index in [1.165, 1.54) is 0 Å². The Labute approximate surface area is 94.4 Å². The van der Waals surface area contributed by atoms with Crippen LogP contribution < -0.4 is 0 Å². The molecule has 5 heteroatoms. The van der Waals surface area contributed by atoms with E-state index >= 15 is 0 Å². The molecule has 1 aliphatic carbocycles. The first kappa shape index (κ1) is 11.2. The first-order valence-corrected chi connectivity index (χ1v) is 5.85. The number of cyclic esters (lactones) is 1. The van der Waals surface area contributed by atoms with Gasteiger partial charge in [0.2, 0.25) is 0 Å². The predicted molar refractivity (Wildman–Crippen MR) is 56.1 cm³/mol. The lowest BCUT2D eigenvalue weighted by molar-refractivity contribution is -0.139. The topological polar surface area (TPSA) is 66.8 Å². The molecule has 1 amide bonds. The number of aliphatic carboxylic acids is 1. The zero-order chi connectivity index (χ0) is 11.5. The van der Waals surface area contributed by atoms with Crippen LogP contribution in [0.1, 0.15) is 38.5 Å². The summed E-state index contributed by atoms with van der Waals surface area (Å²) in [5.74, 6) is -0.845. The second kappa shape index (κ2) is 4.72. The summed E-state index contributed by atoms with van der Waals surface area (Å²) in [5, 5.41) is 8.83. The normalized spacial score (nSPS) is 26.9. The average molecular weight is 227 g/mol. The Morgan fingerprint density at radius 3 is 2.69 bits per heavy atom. The zero-order valence-corrected chi connectivity index (χ0v) is 9.22. The third kappa shape index (κ3) is 2.28. The second-order valence-corrected chi connectivity index (χ2v) is 4.50. The second-order valence-electron chi connectivity index (χ2n) is 4.50. The number of hydrogen-bond donors (Lipinski definition) is 1.